The van der Waals surface area contributed by atoms with Crippen molar-refractivity contribution in [1.82, 2.24) is 0 Å². The quantitative estimate of drug-likeness (QED) is 0.677. The van der Waals surface area contributed by atoms with Crippen molar-refractivity contribution >= 4 is 13.3 Å². The Morgan fingerprint density at radius 3 is 2.50 bits per heavy atom. The maximum absolute atomic E-state index is 13.7. The average Bonchev–Trinajstić information content (AvgIpc) is 2.98. The first kappa shape index (κ1) is 21.1. The normalized spacial score (nSPS) is 27.0. The maximum atomic E-state index is 13.7. The monoisotopic (exact) mass is 382 g/mol. The SMILES string of the molecule is CC(CCC1OCCC1(C(C)(C)C)P(=O)(O)Cc1ccccc1)C(=O)O. The minimum atomic E-state index is -3.63. The first-order valence-electron chi connectivity index (χ1n) is 9.21. The molecule has 146 valence electrons. The van der Waals surface area contributed by atoms with Gasteiger partial charge in [-0.05, 0) is 30.2 Å². The highest BCUT2D eigenvalue weighted by atomic mass is 31.2. The van der Waals surface area contributed by atoms with Crippen LogP contribution >= 0.6 is 7.37 Å². The lowest BCUT2D eigenvalue weighted by Crippen LogP contribution is -2.49. The molecule has 5 nitrogen and oxygen atoms in total. The Kier molecular flexibility index (Phi) is 6.37. The van der Waals surface area contributed by atoms with Crippen molar-refractivity contribution in [3.8, 4) is 0 Å². The smallest absolute Gasteiger partial charge is 0.306 e. The molecule has 0 aromatic heterocycles. The summed E-state index contributed by atoms with van der Waals surface area (Å²) in [6.07, 6.45) is 1.12. The van der Waals surface area contributed by atoms with Gasteiger partial charge < -0.3 is 14.7 Å². The van der Waals surface area contributed by atoms with Crippen LogP contribution in [0.4, 0.5) is 0 Å². The van der Waals surface area contributed by atoms with Crippen LogP contribution in [0.1, 0.15) is 52.5 Å². The summed E-state index contributed by atoms with van der Waals surface area (Å²) in [5, 5.41) is 8.27. The van der Waals surface area contributed by atoms with E-state index in [4.69, 9.17) is 9.84 Å². The predicted octanol–water partition coefficient (Wildman–Crippen LogP) is 4.53. The Hall–Kier alpha value is -1.16. The molecule has 4 atom stereocenters. The topological polar surface area (TPSA) is 83.8 Å². The minimum Gasteiger partial charge on any atom is -0.481 e. The van der Waals surface area contributed by atoms with Crippen LogP contribution in [0.15, 0.2) is 30.3 Å². The molecule has 1 heterocycles. The van der Waals surface area contributed by atoms with E-state index in [2.05, 4.69) is 0 Å². The van der Waals surface area contributed by atoms with Crippen LogP contribution in [0.2, 0.25) is 0 Å². The van der Waals surface area contributed by atoms with Crippen LogP contribution in [0.25, 0.3) is 0 Å². The van der Waals surface area contributed by atoms with Gasteiger partial charge >= 0.3 is 5.97 Å². The molecule has 1 aromatic carbocycles. The van der Waals surface area contributed by atoms with Crippen LogP contribution in [0.5, 0.6) is 0 Å². The van der Waals surface area contributed by atoms with Gasteiger partial charge in [0.1, 0.15) is 0 Å². The minimum absolute atomic E-state index is 0.111. The van der Waals surface area contributed by atoms with Gasteiger partial charge in [0, 0.05) is 6.61 Å². The fraction of sp³-hybridized carbons (Fsp3) is 0.650. The van der Waals surface area contributed by atoms with E-state index in [-0.39, 0.29) is 6.16 Å². The van der Waals surface area contributed by atoms with Crippen LogP contribution in [0.3, 0.4) is 0 Å². The molecule has 0 spiro atoms. The third-order valence-corrected chi connectivity index (χ3v) is 9.00. The van der Waals surface area contributed by atoms with E-state index in [0.29, 0.717) is 25.9 Å². The molecule has 2 N–H and O–H groups in total. The second-order valence-electron chi connectivity index (χ2n) is 8.45. The maximum Gasteiger partial charge on any atom is 0.306 e. The molecule has 1 aliphatic heterocycles. The van der Waals surface area contributed by atoms with Crippen molar-refractivity contribution in [2.75, 3.05) is 6.61 Å². The Morgan fingerprint density at radius 1 is 1.35 bits per heavy atom. The summed E-state index contributed by atoms with van der Waals surface area (Å²) >= 11 is 0. The second-order valence-corrected chi connectivity index (χ2v) is 11.0. The van der Waals surface area contributed by atoms with Crippen molar-refractivity contribution in [1.29, 1.82) is 0 Å². The molecule has 0 aliphatic carbocycles. The Balaban J connectivity index is 2.34. The zero-order valence-corrected chi connectivity index (χ0v) is 17.0. The van der Waals surface area contributed by atoms with Crippen molar-refractivity contribution in [2.45, 2.75) is 64.4 Å². The van der Waals surface area contributed by atoms with Crippen molar-refractivity contribution in [3.63, 3.8) is 0 Å². The van der Waals surface area contributed by atoms with Crippen LogP contribution < -0.4 is 0 Å². The summed E-state index contributed by atoms with van der Waals surface area (Å²) in [6.45, 7) is 8.07. The number of benzene rings is 1. The molecule has 0 bridgehead atoms. The molecule has 1 fully saturated rings. The average molecular weight is 382 g/mol. The van der Waals surface area contributed by atoms with Crippen molar-refractivity contribution in [3.05, 3.63) is 35.9 Å². The molecule has 26 heavy (non-hydrogen) atoms. The van der Waals surface area contributed by atoms with Gasteiger partial charge in [0.2, 0.25) is 7.37 Å². The van der Waals surface area contributed by atoms with Gasteiger partial charge in [-0.2, -0.15) is 0 Å². The van der Waals surface area contributed by atoms with E-state index < -0.39 is 35.9 Å². The number of carbonyl (C=O) groups is 1. The van der Waals surface area contributed by atoms with E-state index in [1.165, 1.54) is 0 Å². The molecule has 6 heteroatoms. The highest BCUT2D eigenvalue weighted by Crippen LogP contribution is 2.69. The summed E-state index contributed by atoms with van der Waals surface area (Å²) in [4.78, 5) is 22.4. The highest BCUT2D eigenvalue weighted by molar-refractivity contribution is 7.59. The number of carboxylic acid groups (broad SMARTS) is 1. The summed E-state index contributed by atoms with van der Waals surface area (Å²) in [5.74, 6) is -1.34. The fourth-order valence-corrected chi connectivity index (χ4v) is 7.39. The molecule has 0 radical (unpaired) electrons. The molecule has 1 aromatic rings. The molecule has 2 rings (SSSR count). The van der Waals surface area contributed by atoms with E-state index in [1.54, 1.807) is 6.92 Å². The molecule has 0 amide bonds. The number of hydrogen-bond acceptors (Lipinski definition) is 3. The second kappa shape index (κ2) is 7.84. The Morgan fingerprint density at radius 2 is 1.96 bits per heavy atom. The van der Waals surface area contributed by atoms with E-state index >= 15 is 0 Å². The third-order valence-electron chi connectivity index (χ3n) is 5.78. The van der Waals surface area contributed by atoms with Gasteiger partial charge in [-0.1, -0.05) is 58.0 Å². The zero-order chi connectivity index (χ0) is 19.6. The first-order chi connectivity index (χ1) is 12.0. The lowest BCUT2D eigenvalue weighted by molar-refractivity contribution is -0.141. The van der Waals surface area contributed by atoms with E-state index in [1.807, 2.05) is 51.1 Å². The van der Waals surface area contributed by atoms with Crippen molar-refractivity contribution < 1.29 is 24.1 Å². The van der Waals surface area contributed by atoms with Gasteiger partial charge in [0.15, 0.2) is 0 Å². The van der Waals surface area contributed by atoms with Gasteiger partial charge in [0.05, 0.1) is 23.3 Å². The molecular formula is C20H31O5P. The van der Waals surface area contributed by atoms with Gasteiger partial charge in [-0.25, -0.2) is 0 Å². The van der Waals surface area contributed by atoms with Gasteiger partial charge in [-0.15, -0.1) is 0 Å². The van der Waals surface area contributed by atoms with Crippen LogP contribution in [0, 0.1) is 11.3 Å². The number of carboxylic acids is 1. The lowest BCUT2D eigenvalue weighted by Gasteiger charge is -2.47. The molecule has 1 aliphatic rings. The predicted molar refractivity (Wildman–Crippen MR) is 103 cm³/mol. The summed E-state index contributed by atoms with van der Waals surface area (Å²) in [6, 6.07) is 9.37. The molecular weight excluding hydrogens is 351 g/mol. The largest absolute Gasteiger partial charge is 0.481 e. The number of hydrogen-bond donors (Lipinski definition) is 2. The third kappa shape index (κ3) is 4.05. The standard InChI is InChI=1S/C20H31O5P/c1-15(18(21)22)10-11-17-20(12-13-25-17,19(2,3)4)26(23,24)14-16-8-6-5-7-9-16/h5-9,15,17H,10-14H2,1-4H3,(H,21,22)(H,23,24). The summed E-state index contributed by atoms with van der Waals surface area (Å²) in [7, 11) is -3.63. The van der Waals surface area contributed by atoms with Crippen LogP contribution in [-0.2, 0) is 20.3 Å². The zero-order valence-electron chi connectivity index (χ0n) is 16.1. The Labute approximate surface area is 156 Å². The number of aliphatic carboxylic acids is 1. The van der Waals surface area contributed by atoms with E-state index in [0.717, 1.165) is 5.56 Å². The number of rotatable bonds is 7. The molecule has 1 saturated heterocycles. The molecule has 0 saturated carbocycles. The Bertz CT molecular complexity index is 667. The molecule has 4 unspecified atom stereocenters. The fourth-order valence-electron chi connectivity index (χ4n) is 4.26. The number of ether oxygens (including phenoxy) is 1. The van der Waals surface area contributed by atoms with Crippen LogP contribution in [-0.4, -0.2) is 33.8 Å². The first-order valence-corrected chi connectivity index (χ1v) is 11.1. The van der Waals surface area contributed by atoms with Gasteiger partial charge in [-0.3, -0.25) is 9.36 Å². The summed E-state index contributed by atoms with van der Waals surface area (Å²) < 4.78 is 19.6. The lowest BCUT2D eigenvalue weighted by atomic mass is 9.74. The highest BCUT2D eigenvalue weighted by Gasteiger charge is 2.62. The van der Waals surface area contributed by atoms with Gasteiger partial charge in [0.25, 0.3) is 0 Å². The van der Waals surface area contributed by atoms with E-state index in [9.17, 15) is 14.3 Å². The van der Waals surface area contributed by atoms with Crippen molar-refractivity contribution in [2.24, 2.45) is 11.3 Å². The summed E-state index contributed by atoms with van der Waals surface area (Å²) in [5.41, 5.74) is 0.395.